The molecule has 2 amide bonds. The summed E-state index contributed by atoms with van der Waals surface area (Å²) in [7, 11) is -2.74. The second-order valence-corrected chi connectivity index (χ2v) is 9.90. The van der Waals surface area contributed by atoms with Gasteiger partial charge in [-0.1, -0.05) is 42.5 Å². The molecule has 0 heterocycles. The lowest BCUT2D eigenvalue weighted by Crippen LogP contribution is -2.50. The van der Waals surface area contributed by atoms with Gasteiger partial charge in [0.05, 0.1) is 10.6 Å². The number of sulfonamides is 1. The zero-order valence-electron chi connectivity index (χ0n) is 19.8. The van der Waals surface area contributed by atoms with E-state index in [4.69, 9.17) is 0 Å². The van der Waals surface area contributed by atoms with E-state index in [1.54, 1.807) is 37.3 Å². The molecule has 0 aromatic heterocycles. The molecule has 0 unspecified atom stereocenters. The van der Waals surface area contributed by atoms with E-state index < -0.39 is 34.3 Å². The molecule has 0 aliphatic carbocycles. The van der Waals surface area contributed by atoms with Crippen LogP contribution in [0.3, 0.4) is 0 Å². The molecule has 1 atom stereocenters. The maximum atomic E-state index is 13.6. The Morgan fingerprint density at radius 1 is 0.943 bits per heavy atom. The van der Waals surface area contributed by atoms with Crippen LogP contribution in [0.15, 0.2) is 83.8 Å². The highest BCUT2D eigenvalue weighted by molar-refractivity contribution is 7.92. The number of hydrogen-bond donors (Lipinski definition) is 1. The lowest BCUT2D eigenvalue weighted by molar-refractivity contribution is -0.139. The third-order valence-corrected chi connectivity index (χ3v) is 7.53. The monoisotopic (exact) mass is 497 g/mol. The van der Waals surface area contributed by atoms with E-state index in [9.17, 15) is 22.4 Å². The van der Waals surface area contributed by atoms with Gasteiger partial charge in [0.15, 0.2) is 0 Å². The van der Waals surface area contributed by atoms with Crippen LogP contribution in [-0.4, -0.2) is 44.8 Å². The van der Waals surface area contributed by atoms with Crippen LogP contribution in [0.1, 0.15) is 18.1 Å². The van der Waals surface area contributed by atoms with Gasteiger partial charge in [0.2, 0.25) is 11.8 Å². The molecule has 0 aliphatic heterocycles. The van der Waals surface area contributed by atoms with Crippen molar-refractivity contribution in [3.05, 3.63) is 95.8 Å². The van der Waals surface area contributed by atoms with Gasteiger partial charge in [-0.3, -0.25) is 13.9 Å². The molecule has 0 aliphatic rings. The molecule has 1 N–H and O–H groups in total. The topological polar surface area (TPSA) is 86.8 Å². The summed E-state index contributed by atoms with van der Waals surface area (Å²) in [4.78, 5) is 27.3. The van der Waals surface area contributed by atoms with E-state index in [1.807, 2.05) is 31.2 Å². The Labute approximate surface area is 205 Å². The van der Waals surface area contributed by atoms with E-state index in [0.29, 0.717) is 0 Å². The number of hydrogen-bond acceptors (Lipinski definition) is 4. The second kappa shape index (κ2) is 11.1. The molecule has 0 fully saturated rings. The smallest absolute Gasteiger partial charge is 0.264 e. The summed E-state index contributed by atoms with van der Waals surface area (Å²) in [6, 6.07) is 19.2. The van der Waals surface area contributed by atoms with Gasteiger partial charge in [0.1, 0.15) is 18.4 Å². The fraction of sp³-hybridized carbons (Fsp3) is 0.231. The number of likely N-dealkylation sites (N-methyl/N-ethyl adjacent to an activating group) is 1. The van der Waals surface area contributed by atoms with Gasteiger partial charge in [-0.05, 0) is 61.4 Å². The summed E-state index contributed by atoms with van der Waals surface area (Å²) >= 11 is 0. The number of aryl methyl sites for hydroxylation is 1. The second-order valence-electron chi connectivity index (χ2n) is 8.04. The minimum absolute atomic E-state index is 0.124. The van der Waals surface area contributed by atoms with Gasteiger partial charge in [0, 0.05) is 13.6 Å². The summed E-state index contributed by atoms with van der Waals surface area (Å²) in [6.45, 7) is 3.07. The van der Waals surface area contributed by atoms with Crippen LogP contribution in [-0.2, 0) is 26.2 Å². The molecule has 7 nitrogen and oxygen atoms in total. The highest BCUT2D eigenvalue weighted by Gasteiger charge is 2.32. The number of benzene rings is 3. The molecule has 3 aromatic carbocycles. The maximum Gasteiger partial charge on any atom is 0.264 e. The number of carbonyl (C=O) groups is 2. The Kier molecular flexibility index (Phi) is 8.24. The standard InChI is InChI=1S/C26H28FN3O4S/c1-19-9-7-8-10-21(19)17-29(20(2)26(32)28-3)25(31)18-30(23-11-5-4-6-12-23)35(33,34)24-15-13-22(27)14-16-24/h4-16,20H,17-18H2,1-3H3,(H,28,32)/t20-/m0/s1. The normalized spacial score (nSPS) is 12.0. The Hall–Kier alpha value is -3.72. The number of carbonyl (C=O) groups excluding carboxylic acids is 2. The first kappa shape index (κ1) is 25.9. The fourth-order valence-corrected chi connectivity index (χ4v) is 5.03. The van der Waals surface area contributed by atoms with Gasteiger partial charge in [-0.2, -0.15) is 0 Å². The molecule has 35 heavy (non-hydrogen) atoms. The van der Waals surface area contributed by atoms with Crippen molar-refractivity contribution in [3.8, 4) is 0 Å². The Morgan fingerprint density at radius 3 is 2.14 bits per heavy atom. The summed E-state index contributed by atoms with van der Waals surface area (Å²) in [6.07, 6.45) is 0. The number of nitrogens with one attached hydrogen (secondary N) is 1. The molecule has 9 heteroatoms. The van der Waals surface area contributed by atoms with Crippen molar-refractivity contribution in [2.24, 2.45) is 0 Å². The lowest BCUT2D eigenvalue weighted by Gasteiger charge is -2.32. The SMILES string of the molecule is CNC(=O)[C@H](C)N(Cc1ccccc1C)C(=O)CN(c1ccccc1)S(=O)(=O)c1ccc(F)cc1. The number of anilines is 1. The zero-order chi connectivity index (χ0) is 25.6. The average molecular weight is 498 g/mol. The largest absolute Gasteiger partial charge is 0.357 e. The third-order valence-electron chi connectivity index (χ3n) is 5.74. The minimum atomic E-state index is -4.21. The number of amides is 2. The van der Waals surface area contributed by atoms with E-state index in [2.05, 4.69) is 5.32 Å². The van der Waals surface area contributed by atoms with Crippen molar-refractivity contribution < 1.29 is 22.4 Å². The highest BCUT2D eigenvalue weighted by Crippen LogP contribution is 2.24. The van der Waals surface area contributed by atoms with Crippen molar-refractivity contribution >= 4 is 27.5 Å². The van der Waals surface area contributed by atoms with Crippen LogP contribution in [0.5, 0.6) is 0 Å². The highest BCUT2D eigenvalue weighted by atomic mass is 32.2. The van der Waals surface area contributed by atoms with Crippen molar-refractivity contribution in [2.45, 2.75) is 31.3 Å². The molecule has 3 rings (SSSR count). The first-order valence-electron chi connectivity index (χ1n) is 11.0. The Morgan fingerprint density at radius 2 is 1.54 bits per heavy atom. The molecule has 0 spiro atoms. The molecule has 0 radical (unpaired) electrons. The Bertz CT molecular complexity index is 1280. The maximum absolute atomic E-state index is 13.6. The van der Waals surface area contributed by atoms with Crippen LogP contribution in [0, 0.1) is 12.7 Å². The van der Waals surface area contributed by atoms with Gasteiger partial charge < -0.3 is 10.2 Å². The van der Waals surface area contributed by atoms with Crippen LogP contribution in [0.4, 0.5) is 10.1 Å². The summed E-state index contributed by atoms with van der Waals surface area (Å²) in [5.74, 6) is -1.51. The summed E-state index contributed by atoms with van der Waals surface area (Å²) in [5, 5.41) is 2.55. The van der Waals surface area contributed by atoms with Crippen molar-refractivity contribution in [2.75, 3.05) is 17.9 Å². The molecular weight excluding hydrogens is 469 g/mol. The van der Waals surface area contributed by atoms with Gasteiger partial charge in [-0.25, -0.2) is 12.8 Å². The van der Waals surface area contributed by atoms with E-state index in [-0.39, 0.29) is 23.0 Å². The summed E-state index contributed by atoms with van der Waals surface area (Å²) in [5.41, 5.74) is 2.05. The predicted molar refractivity (Wildman–Crippen MR) is 133 cm³/mol. The van der Waals surface area contributed by atoms with Crippen molar-refractivity contribution in [1.82, 2.24) is 10.2 Å². The van der Waals surface area contributed by atoms with Gasteiger partial charge >= 0.3 is 0 Å². The number of halogens is 1. The first-order chi connectivity index (χ1) is 16.6. The Balaban J connectivity index is 2.01. The molecule has 0 bridgehead atoms. The number of nitrogens with zero attached hydrogens (tertiary/aromatic N) is 2. The molecule has 0 saturated heterocycles. The van der Waals surface area contributed by atoms with E-state index >= 15 is 0 Å². The van der Waals surface area contributed by atoms with Gasteiger partial charge in [0.25, 0.3) is 10.0 Å². The molecule has 184 valence electrons. The minimum Gasteiger partial charge on any atom is -0.357 e. The van der Waals surface area contributed by atoms with E-state index in [1.165, 1.54) is 11.9 Å². The third kappa shape index (κ3) is 6.05. The van der Waals surface area contributed by atoms with Crippen LogP contribution >= 0.6 is 0 Å². The van der Waals surface area contributed by atoms with Crippen LogP contribution in [0.25, 0.3) is 0 Å². The molecular formula is C26H28FN3O4S. The van der Waals surface area contributed by atoms with Crippen LogP contribution < -0.4 is 9.62 Å². The molecule has 0 saturated carbocycles. The predicted octanol–water partition coefficient (Wildman–Crippen LogP) is 3.49. The van der Waals surface area contributed by atoms with Gasteiger partial charge in [-0.15, -0.1) is 0 Å². The first-order valence-corrected chi connectivity index (χ1v) is 12.5. The van der Waals surface area contributed by atoms with Crippen LogP contribution in [0.2, 0.25) is 0 Å². The molecule has 3 aromatic rings. The lowest BCUT2D eigenvalue weighted by atomic mass is 10.1. The number of rotatable bonds is 9. The number of para-hydroxylation sites is 1. The quantitative estimate of drug-likeness (QED) is 0.490. The average Bonchev–Trinajstić information content (AvgIpc) is 2.86. The van der Waals surface area contributed by atoms with Crippen molar-refractivity contribution in [3.63, 3.8) is 0 Å². The van der Waals surface area contributed by atoms with E-state index in [0.717, 1.165) is 39.7 Å². The van der Waals surface area contributed by atoms with Crippen molar-refractivity contribution in [1.29, 1.82) is 0 Å². The fourth-order valence-electron chi connectivity index (χ4n) is 3.62. The summed E-state index contributed by atoms with van der Waals surface area (Å²) < 4.78 is 41.5. The zero-order valence-corrected chi connectivity index (χ0v) is 20.6.